The predicted molar refractivity (Wildman–Crippen MR) is 48.8 cm³/mol. The average Bonchev–Trinajstić information content (AvgIpc) is 1.97. The minimum atomic E-state index is 0.241. The summed E-state index contributed by atoms with van der Waals surface area (Å²) in [6, 6.07) is 0. The van der Waals surface area contributed by atoms with E-state index in [9.17, 15) is 0 Å². The summed E-state index contributed by atoms with van der Waals surface area (Å²) in [5.74, 6) is 0. The fourth-order valence-electron chi connectivity index (χ4n) is 0.886. The van der Waals surface area contributed by atoms with Crippen LogP contribution in [0.4, 0.5) is 0 Å². The van der Waals surface area contributed by atoms with Crippen molar-refractivity contribution >= 4 is 11.6 Å². The molecule has 2 nitrogen and oxygen atoms in total. The third-order valence-corrected chi connectivity index (χ3v) is 1.59. The molecule has 66 valence electrons. The lowest BCUT2D eigenvalue weighted by atomic mass is 10.4. The van der Waals surface area contributed by atoms with Gasteiger partial charge in [0.15, 0.2) is 0 Å². The Morgan fingerprint density at radius 2 is 2.27 bits per heavy atom. The molecule has 0 bridgehead atoms. The highest BCUT2D eigenvalue weighted by molar-refractivity contribution is 6.29. The third kappa shape index (κ3) is 6.35. The standard InChI is InChI=1S/C8H16ClNO/c1-3-10(5-4-6-11)7-8(2)9/h11H,2-7H2,1H3. The monoisotopic (exact) mass is 177 g/mol. The van der Waals surface area contributed by atoms with Gasteiger partial charge >= 0.3 is 0 Å². The van der Waals surface area contributed by atoms with E-state index in [1.54, 1.807) is 0 Å². The van der Waals surface area contributed by atoms with Gasteiger partial charge in [-0.1, -0.05) is 25.1 Å². The lowest BCUT2D eigenvalue weighted by Gasteiger charge is -2.18. The Morgan fingerprint density at radius 1 is 1.64 bits per heavy atom. The van der Waals surface area contributed by atoms with Crippen molar-refractivity contribution in [2.75, 3.05) is 26.2 Å². The van der Waals surface area contributed by atoms with Crippen LogP contribution < -0.4 is 0 Å². The van der Waals surface area contributed by atoms with Gasteiger partial charge in [0.05, 0.1) is 0 Å². The summed E-state index contributed by atoms with van der Waals surface area (Å²) >= 11 is 5.63. The molecule has 0 saturated heterocycles. The molecule has 0 amide bonds. The molecule has 0 radical (unpaired) electrons. The Kier molecular flexibility index (Phi) is 6.62. The normalized spacial score (nSPS) is 10.5. The number of rotatable bonds is 6. The molecular formula is C8H16ClNO. The molecule has 0 atom stereocenters. The number of nitrogens with zero attached hydrogens (tertiary/aromatic N) is 1. The quantitative estimate of drug-likeness (QED) is 0.664. The highest BCUT2D eigenvalue weighted by Crippen LogP contribution is 2.01. The number of likely N-dealkylation sites (N-methyl/N-ethyl adjacent to an activating group) is 1. The Bertz CT molecular complexity index is 117. The van der Waals surface area contributed by atoms with E-state index in [1.165, 1.54) is 0 Å². The first kappa shape index (κ1) is 11.0. The number of halogens is 1. The second-order valence-electron chi connectivity index (χ2n) is 2.46. The SMILES string of the molecule is C=C(Cl)CN(CC)CCCO. The number of hydrogen-bond donors (Lipinski definition) is 1. The first-order chi connectivity index (χ1) is 5.20. The molecule has 0 heterocycles. The van der Waals surface area contributed by atoms with Gasteiger partial charge in [-0.25, -0.2) is 0 Å². The molecule has 0 aliphatic heterocycles. The highest BCUT2D eigenvalue weighted by atomic mass is 35.5. The van der Waals surface area contributed by atoms with E-state index in [4.69, 9.17) is 16.7 Å². The minimum Gasteiger partial charge on any atom is -0.396 e. The van der Waals surface area contributed by atoms with Gasteiger partial charge in [-0.15, -0.1) is 0 Å². The largest absolute Gasteiger partial charge is 0.396 e. The van der Waals surface area contributed by atoms with E-state index in [-0.39, 0.29) is 6.61 Å². The fourth-order valence-corrected chi connectivity index (χ4v) is 1.05. The molecule has 0 aromatic heterocycles. The van der Waals surface area contributed by atoms with Crippen LogP contribution >= 0.6 is 11.6 Å². The van der Waals surface area contributed by atoms with E-state index in [2.05, 4.69) is 18.4 Å². The number of hydrogen-bond acceptors (Lipinski definition) is 2. The molecule has 0 spiro atoms. The summed E-state index contributed by atoms with van der Waals surface area (Å²) in [5.41, 5.74) is 0. The van der Waals surface area contributed by atoms with Crippen LogP contribution in [0.3, 0.4) is 0 Å². The average molecular weight is 178 g/mol. The van der Waals surface area contributed by atoms with Crippen LogP contribution in [0.2, 0.25) is 0 Å². The van der Waals surface area contributed by atoms with Gasteiger partial charge in [-0.2, -0.15) is 0 Å². The molecule has 0 rings (SSSR count). The van der Waals surface area contributed by atoms with Crippen LogP contribution in [0, 0.1) is 0 Å². The van der Waals surface area contributed by atoms with Gasteiger partial charge in [-0.3, -0.25) is 4.90 Å². The Labute approximate surface area is 73.5 Å². The molecule has 0 aromatic rings. The van der Waals surface area contributed by atoms with E-state index >= 15 is 0 Å². The smallest absolute Gasteiger partial charge is 0.0443 e. The van der Waals surface area contributed by atoms with Crippen LogP contribution in [-0.2, 0) is 0 Å². The topological polar surface area (TPSA) is 23.5 Å². The van der Waals surface area contributed by atoms with Gasteiger partial charge in [0, 0.05) is 24.7 Å². The van der Waals surface area contributed by atoms with Crippen LogP contribution in [0.5, 0.6) is 0 Å². The van der Waals surface area contributed by atoms with Crippen LogP contribution in [0.15, 0.2) is 11.6 Å². The third-order valence-electron chi connectivity index (χ3n) is 1.47. The summed E-state index contributed by atoms with van der Waals surface area (Å²) < 4.78 is 0. The zero-order valence-corrected chi connectivity index (χ0v) is 7.77. The van der Waals surface area contributed by atoms with Gasteiger partial charge in [0.25, 0.3) is 0 Å². The second kappa shape index (κ2) is 6.65. The second-order valence-corrected chi connectivity index (χ2v) is 3.00. The van der Waals surface area contributed by atoms with Gasteiger partial charge in [-0.05, 0) is 13.0 Å². The predicted octanol–water partition coefficient (Wildman–Crippen LogP) is 1.44. The molecule has 0 aromatic carbocycles. The number of aliphatic hydroxyl groups is 1. The Hall–Kier alpha value is -0.0500. The minimum absolute atomic E-state index is 0.241. The van der Waals surface area contributed by atoms with Crippen LogP contribution in [0.25, 0.3) is 0 Å². The van der Waals surface area contributed by atoms with Crippen molar-refractivity contribution in [2.24, 2.45) is 0 Å². The van der Waals surface area contributed by atoms with Crippen LogP contribution in [0.1, 0.15) is 13.3 Å². The van der Waals surface area contributed by atoms with Gasteiger partial charge < -0.3 is 5.11 Å². The molecule has 0 unspecified atom stereocenters. The van der Waals surface area contributed by atoms with Gasteiger partial charge in [0.1, 0.15) is 0 Å². The molecule has 0 aliphatic rings. The Balaban J connectivity index is 3.49. The highest BCUT2D eigenvalue weighted by Gasteiger charge is 2.01. The maximum atomic E-state index is 8.56. The van der Waals surface area contributed by atoms with E-state index in [1.807, 2.05) is 0 Å². The lowest BCUT2D eigenvalue weighted by Crippen LogP contribution is -2.26. The molecule has 0 fully saturated rings. The summed E-state index contributed by atoms with van der Waals surface area (Å²) in [6.07, 6.45) is 0.804. The fraction of sp³-hybridized carbons (Fsp3) is 0.750. The van der Waals surface area contributed by atoms with Crippen LogP contribution in [-0.4, -0.2) is 36.2 Å². The van der Waals surface area contributed by atoms with E-state index in [0.29, 0.717) is 5.03 Å². The lowest BCUT2D eigenvalue weighted by molar-refractivity contribution is 0.241. The molecule has 3 heteroatoms. The number of aliphatic hydroxyl groups excluding tert-OH is 1. The van der Waals surface area contributed by atoms with E-state index in [0.717, 1.165) is 26.1 Å². The Morgan fingerprint density at radius 3 is 2.64 bits per heavy atom. The molecule has 1 N–H and O–H groups in total. The molecular weight excluding hydrogens is 162 g/mol. The van der Waals surface area contributed by atoms with E-state index < -0.39 is 0 Å². The van der Waals surface area contributed by atoms with Crippen molar-refractivity contribution in [3.63, 3.8) is 0 Å². The maximum absolute atomic E-state index is 8.56. The zero-order valence-electron chi connectivity index (χ0n) is 7.02. The summed E-state index contributed by atoms with van der Waals surface area (Å²) in [6.45, 7) is 8.48. The van der Waals surface area contributed by atoms with Crippen molar-refractivity contribution in [2.45, 2.75) is 13.3 Å². The van der Waals surface area contributed by atoms with Crippen molar-refractivity contribution in [1.29, 1.82) is 0 Å². The van der Waals surface area contributed by atoms with Crippen molar-refractivity contribution in [1.82, 2.24) is 4.90 Å². The first-order valence-electron chi connectivity index (χ1n) is 3.87. The molecule has 11 heavy (non-hydrogen) atoms. The summed E-state index contributed by atoms with van der Waals surface area (Å²) in [5, 5.41) is 9.22. The maximum Gasteiger partial charge on any atom is 0.0443 e. The molecule has 0 aliphatic carbocycles. The van der Waals surface area contributed by atoms with Gasteiger partial charge in [0.2, 0.25) is 0 Å². The van der Waals surface area contributed by atoms with Crippen molar-refractivity contribution in [3.05, 3.63) is 11.6 Å². The van der Waals surface area contributed by atoms with Crippen molar-refractivity contribution in [3.8, 4) is 0 Å². The summed E-state index contributed by atoms with van der Waals surface area (Å²) in [4.78, 5) is 2.14. The van der Waals surface area contributed by atoms with Crippen molar-refractivity contribution < 1.29 is 5.11 Å². The zero-order chi connectivity index (χ0) is 8.69. The summed E-state index contributed by atoms with van der Waals surface area (Å²) in [7, 11) is 0. The first-order valence-corrected chi connectivity index (χ1v) is 4.25. The molecule has 0 saturated carbocycles.